The molecule has 4 heterocycles. The Balaban J connectivity index is 1.66. The molecule has 1 aliphatic rings. The van der Waals surface area contributed by atoms with Crippen LogP contribution in [0.25, 0.3) is 16.7 Å². The van der Waals surface area contributed by atoms with Crippen LogP contribution in [0, 0.1) is 0 Å². The molecule has 0 bridgehead atoms. The smallest absolute Gasteiger partial charge is 0.341 e. The monoisotopic (exact) mass is 562 g/mol. The highest BCUT2D eigenvalue weighted by Gasteiger charge is 2.26. The topological polar surface area (TPSA) is 104 Å². The Hall–Kier alpha value is -4.89. The average molecular weight is 563 g/mol. The van der Waals surface area contributed by atoms with Crippen molar-refractivity contribution in [2.45, 2.75) is 38.3 Å². The summed E-state index contributed by atoms with van der Waals surface area (Å²) in [4.78, 5) is 50.7. The van der Waals surface area contributed by atoms with Crippen molar-refractivity contribution in [3.8, 4) is 0 Å². The lowest BCUT2D eigenvalue weighted by Gasteiger charge is -2.19. The molecule has 2 aromatic carbocycles. The molecule has 9 nitrogen and oxygen atoms in total. The minimum absolute atomic E-state index is 0.0188. The number of hydrogen-bond acceptors (Lipinski definition) is 6. The number of amides is 1. The zero-order valence-corrected chi connectivity index (χ0v) is 23.2. The van der Waals surface area contributed by atoms with E-state index in [1.165, 1.54) is 10.5 Å². The van der Waals surface area contributed by atoms with Gasteiger partial charge < -0.3 is 14.0 Å². The molecule has 1 aliphatic heterocycles. The average Bonchev–Trinajstić information content (AvgIpc) is 3.53. The molecule has 1 atom stereocenters. The summed E-state index contributed by atoms with van der Waals surface area (Å²) in [5.41, 5.74) is 2.05. The maximum absolute atomic E-state index is 14.2. The van der Waals surface area contributed by atoms with E-state index in [1.54, 1.807) is 35.9 Å². The fourth-order valence-corrected chi connectivity index (χ4v) is 5.46. The van der Waals surface area contributed by atoms with Gasteiger partial charge in [-0.25, -0.2) is 9.78 Å². The molecule has 9 heteroatoms. The maximum Gasteiger partial charge on any atom is 0.341 e. The highest BCUT2D eigenvalue weighted by atomic mass is 16.5. The Labute approximate surface area is 241 Å². The normalized spacial score (nSPS) is 15.5. The lowest BCUT2D eigenvalue weighted by Crippen LogP contribution is -2.35. The number of pyridine rings is 2. The molecule has 1 fully saturated rings. The first-order valence-corrected chi connectivity index (χ1v) is 14.1. The van der Waals surface area contributed by atoms with Crippen LogP contribution < -0.4 is 11.0 Å². The molecule has 0 saturated carbocycles. The van der Waals surface area contributed by atoms with Gasteiger partial charge >= 0.3 is 5.97 Å². The van der Waals surface area contributed by atoms with E-state index in [9.17, 15) is 14.4 Å². The number of carbonyl (C=O) groups excluding carboxylic acids is 2. The van der Waals surface area contributed by atoms with Crippen molar-refractivity contribution in [1.82, 2.24) is 14.0 Å². The van der Waals surface area contributed by atoms with E-state index in [2.05, 4.69) is 4.99 Å². The van der Waals surface area contributed by atoms with Crippen LogP contribution in [0.2, 0.25) is 0 Å². The summed E-state index contributed by atoms with van der Waals surface area (Å²) in [6.07, 6.45) is 3.10. The van der Waals surface area contributed by atoms with Gasteiger partial charge in [0.2, 0.25) is 0 Å². The second-order valence-electron chi connectivity index (χ2n) is 10.1. The quantitative estimate of drug-likeness (QED) is 0.217. The van der Waals surface area contributed by atoms with Crippen LogP contribution in [0.4, 0.5) is 0 Å². The second kappa shape index (κ2) is 11.9. The number of fused-ring (bicyclic) bond motifs is 2. The highest BCUT2D eigenvalue weighted by Crippen LogP contribution is 2.26. The Bertz CT molecular complexity index is 1850. The molecule has 212 valence electrons. The molecule has 42 heavy (non-hydrogen) atoms. The molecular weight excluding hydrogens is 532 g/mol. The summed E-state index contributed by atoms with van der Waals surface area (Å²) < 4.78 is 14.4. The highest BCUT2D eigenvalue weighted by molar-refractivity contribution is 5.94. The van der Waals surface area contributed by atoms with Crippen LogP contribution in [-0.2, 0) is 20.8 Å². The molecule has 1 unspecified atom stereocenters. The van der Waals surface area contributed by atoms with Gasteiger partial charge in [0.1, 0.15) is 16.9 Å². The van der Waals surface area contributed by atoms with Gasteiger partial charge in [-0.2, -0.15) is 4.99 Å². The summed E-state index contributed by atoms with van der Waals surface area (Å²) in [7, 11) is 0. The number of aromatic nitrogens is 3. The largest absolute Gasteiger partial charge is 0.462 e. The van der Waals surface area contributed by atoms with Gasteiger partial charge in [0, 0.05) is 12.8 Å². The molecule has 6 rings (SSSR count). The molecule has 1 saturated heterocycles. The zero-order valence-electron chi connectivity index (χ0n) is 23.2. The molecule has 0 aliphatic carbocycles. The lowest BCUT2D eigenvalue weighted by atomic mass is 9.91. The molecule has 5 aromatic rings. The van der Waals surface area contributed by atoms with Gasteiger partial charge in [0.25, 0.3) is 11.5 Å². The van der Waals surface area contributed by atoms with Gasteiger partial charge in [-0.15, -0.1) is 0 Å². The van der Waals surface area contributed by atoms with Gasteiger partial charge in [0.15, 0.2) is 5.49 Å². The van der Waals surface area contributed by atoms with Gasteiger partial charge in [0.05, 0.1) is 30.6 Å². The summed E-state index contributed by atoms with van der Waals surface area (Å²) in [5.74, 6) is -1.86. The van der Waals surface area contributed by atoms with Crippen molar-refractivity contribution < 1.29 is 19.1 Å². The van der Waals surface area contributed by atoms with Crippen molar-refractivity contribution in [3.05, 3.63) is 124 Å². The van der Waals surface area contributed by atoms with E-state index in [1.807, 2.05) is 60.7 Å². The molecule has 3 aromatic heterocycles. The van der Waals surface area contributed by atoms with Crippen LogP contribution in [0.5, 0.6) is 0 Å². The SMILES string of the molecule is CCOC(=O)c1cc2c(=O)n3ccccc3nc2n(CC2CCCO2)c1=NC(=O)C(c1ccccc1)c1ccccc1. The fourth-order valence-electron chi connectivity index (χ4n) is 5.46. The first kappa shape index (κ1) is 27.3. The van der Waals surface area contributed by atoms with Crippen molar-refractivity contribution in [3.63, 3.8) is 0 Å². The van der Waals surface area contributed by atoms with E-state index in [-0.39, 0.29) is 41.3 Å². The summed E-state index contributed by atoms with van der Waals surface area (Å²) in [6.45, 7) is 2.68. The van der Waals surface area contributed by atoms with Crippen molar-refractivity contribution in [2.75, 3.05) is 13.2 Å². The van der Waals surface area contributed by atoms with Crippen LogP contribution >= 0.6 is 0 Å². The fraction of sp³-hybridized carbons (Fsp3) is 0.242. The third-order valence-electron chi connectivity index (χ3n) is 7.42. The first-order chi connectivity index (χ1) is 20.5. The first-order valence-electron chi connectivity index (χ1n) is 14.1. The van der Waals surface area contributed by atoms with E-state index < -0.39 is 17.8 Å². The summed E-state index contributed by atoms with van der Waals surface area (Å²) >= 11 is 0. The summed E-state index contributed by atoms with van der Waals surface area (Å²) in [6, 6.07) is 25.5. The Kier molecular flexibility index (Phi) is 7.74. The van der Waals surface area contributed by atoms with E-state index in [0.29, 0.717) is 17.9 Å². The predicted octanol–water partition coefficient (Wildman–Crippen LogP) is 4.26. The van der Waals surface area contributed by atoms with Crippen LogP contribution in [0.3, 0.4) is 0 Å². The van der Waals surface area contributed by atoms with Gasteiger partial charge in [-0.3, -0.25) is 14.0 Å². The third-order valence-corrected chi connectivity index (χ3v) is 7.42. The minimum Gasteiger partial charge on any atom is -0.462 e. The number of hydrogen-bond donors (Lipinski definition) is 0. The second-order valence-corrected chi connectivity index (χ2v) is 10.1. The van der Waals surface area contributed by atoms with E-state index >= 15 is 0 Å². The van der Waals surface area contributed by atoms with Crippen LogP contribution in [0.15, 0.2) is 101 Å². The Morgan fingerprint density at radius 1 is 1.02 bits per heavy atom. The van der Waals surface area contributed by atoms with E-state index in [4.69, 9.17) is 14.5 Å². The molecule has 0 radical (unpaired) electrons. The standard InChI is InChI=1S/C33H30N4O5/c1-2-41-33(40)26-20-25-29(34-27-17-9-10-18-36(27)32(25)39)37(21-24-16-11-19-42-24)30(26)35-31(38)28(22-12-5-3-6-13-22)23-14-7-4-8-15-23/h3-10,12-15,17-18,20,24,28H,2,11,16,19,21H2,1H3. The number of rotatable bonds is 7. The number of carbonyl (C=O) groups is 2. The maximum atomic E-state index is 14.2. The van der Waals surface area contributed by atoms with Gasteiger partial charge in [-0.05, 0) is 49.1 Å². The number of benzene rings is 2. The van der Waals surface area contributed by atoms with Crippen LogP contribution in [0.1, 0.15) is 47.2 Å². The van der Waals surface area contributed by atoms with Crippen molar-refractivity contribution in [2.24, 2.45) is 4.99 Å². The number of nitrogens with zero attached hydrogens (tertiary/aromatic N) is 4. The number of ether oxygens (including phenoxy) is 2. The van der Waals surface area contributed by atoms with Crippen molar-refractivity contribution >= 4 is 28.6 Å². The molecular formula is C33H30N4O5. The minimum atomic E-state index is -0.718. The summed E-state index contributed by atoms with van der Waals surface area (Å²) in [5, 5.41) is 0.216. The lowest BCUT2D eigenvalue weighted by molar-refractivity contribution is -0.118. The molecule has 0 N–H and O–H groups in total. The zero-order chi connectivity index (χ0) is 29.1. The molecule has 1 amide bonds. The van der Waals surface area contributed by atoms with Crippen LogP contribution in [-0.4, -0.2) is 45.1 Å². The van der Waals surface area contributed by atoms with Crippen molar-refractivity contribution in [1.29, 1.82) is 0 Å². The Morgan fingerprint density at radius 2 is 1.71 bits per heavy atom. The van der Waals surface area contributed by atoms with E-state index in [0.717, 1.165) is 24.0 Å². The van der Waals surface area contributed by atoms with Gasteiger partial charge in [-0.1, -0.05) is 66.7 Å². The predicted molar refractivity (Wildman–Crippen MR) is 157 cm³/mol. The third kappa shape index (κ3) is 5.26. The Morgan fingerprint density at radius 3 is 2.36 bits per heavy atom. The number of esters is 1. The molecule has 0 spiro atoms.